The molecule has 2 nitrogen and oxygen atoms in total. The van der Waals surface area contributed by atoms with Gasteiger partial charge in [-0.1, -0.05) is 0 Å². The first kappa shape index (κ1) is 15.5. The van der Waals surface area contributed by atoms with Crippen molar-refractivity contribution >= 4 is 11.3 Å². The van der Waals surface area contributed by atoms with Crippen molar-refractivity contribution in [2.45, 2.75) is 32.5 Å². The minimum absolute atomic E-state index is 0.0446. The fourth-order valence-corrected chi connectivity index (χ4v) is 2.83. The van der Waals surface area contributed by atoms with E-state index in [0.29, 0.717) is 6.42 Å². The van der Waals surface area contributed by atoms with Gasteiger partial charge in [0.1, 0.15) is 6.61 Å². The largest absolute Gasteiger partial charge is 0.411 e. The normalized spacial score (nSPS) is 13.9. The van der Waals surface area contributed by atoms with Crippen LogP contribution in [0.2, 0.25) is 0 Å². The second-order valence-electron chi connectivity index (χ2n) is 4.17. The van der Waals surface area contributed by atoms with Crippen LogP contribution in [0.1, 0.15) is 27.8 Å². The molecular formula is C12H18F3NOS. The number of halogens is 3. The third-order valence-corrected chi connectivity index (χ3v) is 3.60. The molecule has 0 amide bonds. The third-order valence-electron chi connectivity index (χ3n) is 2.62. The van der Waals surface area contributed by atoms with Crippen LogP contribution >= 0.6 is 11.3 Å². The molecule has 0 aliphatic carbocycles. The van der Waals surface area contributed by atoms with Crippen LogP contribution in [-0.4, -0.2) is 26.4 Å². The molecule has 1 heterocycles. The molecular weight excluding hydrogens is 263 g/mol. The van der Waals surface area contributed by atoms with Crippen molar-refractivity contribution in [2.75, 3.05) is 20.3 Å². The number of nitrogens with one attached hydrogen (secondary N) is 1. The van der Waals surface area contributed by atoms with Gasteiger partial charge in [-0.05, 0) is 38.9 Å². The van der Waals surface area contributed by atoms with E-state index >= 15 is 0 Å². The zero-order chi connectivity index (χ0) is 13.8. The molecule has 0 aliphatic rings. The summed E-state index contributed by atoms with van der Waals surface area (Å²) in [6.45, 7) is 2.96. The number of hydrogen-bond acceptors (Lipinski definition) is 3. The number of hydrogen-bond donors (Lipinski definition) is 1. The Labute approximate surface area is 109 Å². The Kier molecular flexibility index (Phi) is 5.62. The molecule has 1 atom stereocenters. The van der Waals surface area contributed by atoms with Crippen molar-refractivity contribution < 1.29 is 17.9 Å². The van der Waals surface area contributed by atoms with E-state index < -0.39 is 12.8 Å². The van der Waals surface area contributed by atoms with E-state index in [9.17, 15) is 13.2 Å². The van der Waals surface area contributed by atoms with Gasteiger partial charge in [0.25, 0.3) is 0 Å². The summed E-state index contributed by atoms with van der Waals surface area (Å²) >= 11 is 1.70. The highest BCUT2D eigenvalue weighted by Crippen LogP contribution is 2.28. The van der Waals surface area contributed by atoms with Crippen LogP contribution in [0.3, 0.4) is 0 Å². The molecule has 1 rings (SSSR count). The lowest BCUT2D eigenvalue weighted by atomic mass is 10.1. The van der Waals surface area contributed by atoms with Gasteiger partial charge in [-0.15, -0.1) is 11.3 Å². The molecule has 0 saturated heterocycles. The van der Waals surface area contributed by atoms with Crippen molar-refractivity contribution in [2.24, 2.45) is 0 Å². The molecule has 0 fully saturated rings. The van der Waals surface area contributed by atoms with Crippen molar-refractivity contribution in [3.05, 3.63) is 21.4 Å². The van der Waals surface area contributed by atoms with Crippen LogP contribution in [0, 0.1) is 13.8 Å². The molecule has 18 heavy (non-hydrogen) atoms. The van der Waals surface area contributed by atoms with E-state index in [2.05, 4.69) is 16.1 Å². The fourth-order valence-electron chi connectivity index (χ4n) is 1.84. The second-order valence-corrected chi connectivity index (χ2v) is 5.63. The SMILES string of the molecule is CNC(CCOCC(F)(F)F)c1cc(C)sc1C. The molecule has 0 spiro atoms. The summed E-state index contributed by atoms with van der Waals surface area (Å²) < 4.78 is 40.4. The van der Waals surface area contributed by atoms with E-state index in [1.54, 1.807) is 18.4 Å². The molecule has 104 valence electrons. The van der Waals surface area contributed by atoms with Crippen LogP contribution in [0.15, 0.2) is 6.07 Å². The number of ether oxygens (including phenoxy) is 1. The van der Waals surface area contributed by atoms with E-state index in [1.807, 2.05) is 13.8 Å². The zero-order valence-corrected chi connectivity index (χ0v) is 11.5. The topological polar surface area (TPSA) is 21.3 Å². The number of alkyl halides is 3. The molecule has 1 N–H and O–H groups in total. The fraction of sp³-hybridized carbons (Fsp3) is 0.667. The lowest BCUT2D eigenvalue weighted by Crippen LogP contribution is -2.21. The van der Waals surface area contributed by atoms with Gasteiger partial charge in [-0.3, -0.25) is 0 Å². The third kappa shape index (κ3) is 4.96. The first-order valence-corrected chi connectivity index (χ1v) is 6.54. The van der Waals surface area contributed by atoms with Gasteiger partial charge < -0.3 is 10.1 Å². The molecule has 0 saturated carbocycles. The summed E-state index contributed by atoms with van der Waals surface area (Å²) in [7, 11) is 1.81. The predicted molar refractivity (Wildman–Crippen MR) is 67.1 cm³/mol. The standard InChI is InChI=1S/C12H18F3NOS/c1-8-6-10(9(2)18-8)11(16-3)4-5-17-7-12(13,14)15/h6,11,16H,4-5,7H2,1-3H3. The minimum Gasteiger partial charge on any atom is -0.372 e. The summed E-state index contributed by atoms with van der Waals surface area (Å²) in [5, 5.41) is 3.12. The molecule has 1 aromatic heterocycles. The molecule has 1 unspecified atom stereocenters. The number of aryl methyl sites for hydroxylation is 2. The highest BCUT2D eigenvalue weighted by molar-refractivity contribution is 7.12. The van der Waals surface area contributed by atoms with Crippen LogP contribution < -0.4 is 5.32 Å². The van der Waals surface area contributed by atoms with Crippen LogP contribution in [0.4, 0.5) is 13.2 Å². The maximum atomic E-state index is 11.9. The average molecular weight is 281 g/mol. The van der Waals surface area contributed by atoms with Gasteiger partial charge in [0, 0.05) is 22.4 Å². The van der Waals surface area contributed by atoms with Crippen LogP contribution in [0.5, 0.6) is 0 Å². The minimum atomic E-state index is -4.25. The first-order valence-electron chi connectivity index (χ1n) is 5.72. The Hall–Kier alpha value is -0.590. The number of rotatable bonds is 6. The van der Waals surface area contributed by atoms with E-state index in [4.69, 9.17) is 0 Å². The second kappa shape index (κ2) is 6.54. The maximum Gasteiger partial charge on any atom is 0.411 e. The summed E-state index contributed by atoms with van der Waals surface area (Å²) in [4.78, 5) is 2.40. The predicted octanol–water partition coefficient (Wildman–Crippen LogP) is 3.59. The van der Waals surface area contributed by atoms with Crippen molar-refractivity contribution in [3.63, 3.8) is 0 Å². The van der Waals surface area contributed by atoms with Gasteiger partial charge in [-0.25, -0.2) is 0 Å². The smallest absolute Gasteiger partial charge is 0.372 e. The Morgan fingerprint density at radius 2 is 2.06 bits per heavy atom. The quantitative estimate of drug-likeness (QED) is 0.805. The molecule has 1 aromatic rings. The summed E-state index contributed by atoms with van der Waals surface area (Å²) in [6.07, 6.45) is -3.71. The molecule has 0 aromatic carbocycles. The van der Waals surface area contributed by atoms with Crippen molar-refractivity contribution in [1.29, 1.82) is 0 Å². The monoisotopic (exact) mass is 281 g/mol. The van der Waals surface area contributed by atoms with Crippen LogP contribution in [-0.2, 0) is 4.74 Å². The van der Waals surface area contributed by atoms with Gasteiger partial charge in [0.05, 0.1) is 0 Å². The summed E-state index contributed by atoms with van der Waals surface area (Å²) in [5.41, 5.74) is 1.15. The van der Waals surface area contributed by atoms with Crippen molar-refractivity contribution in [1.82, 2.24) is 5.32 Å². The lowest BCUT2D eigenvalue weighted by molar-refractivity contribution is -0.174. The molecule has 0 bridgehead atoms. The zero-order valence-electron chi connectivity index (χ0n) is 10.7. The van der Waals surface area contributed by atoms with E-state index in [0.717, 1.165) is 5.56 Å². The Morgan fingerprint density at radius 1 is 1.39 bits per heavy atom. The van der Waals surface area contributed by atoms with Crippen LogP contribution in [0.25, 0.3) is 0 Å². The van der Waals surface area contributed by atoms with Gasteiger partial charge in [0.2, 0.25) is 0 Å². The Bertz CT molecular complexity index is 376. The van der Waals surface area contributed by atoms with Crippen molar-refractivity contribution in [3.8, 4) is 0 Å². The van der Waals surface area contributed by atoms with E-state index in [1.165, 1.54) is 9.75 Å². The lowest BCUT2D eigenvalue weighted by Gasteiger charge is -2.16. The summed E-state index contributed by atoms with van der Waals surface area (Å²) in [5.74, 6) is 0. The Balaban J connectivity index is 2.46. The summed E-state index contributed by atoms with van der Waals surface area (Å²) in [6, 6.07) is 2.12. The number of thiophene rings is 1. The van der Waals surface area contributed by atoms with Gasteiger partial charge in [0.15, 0.2) is 0 Å². The Morgan fingerprint density at radius 3 is 2.50 bits per heavy atom. The average Bonchev–Trinajstić information content (AvgIpc) is 2.56. The first-order chi connectivity index (χ1) is 8.33. The molecule has 0 aliphatic heterocycles. The highest BCUT2D eigenvalue weighted by Gasteiger charge is 2.27. The molecule has 0 radical (unpaired) electrons. The highest BCUT2D eigenvalue weighted by atomic mass is 32.1. The van der Waals surface area contributed by atoms with Gasteiger partial charge in [-0.2, -0.15) is 13.2 Å². The molecule has 6 heteroatoms. The van der Waals surface area contributed by atoms with E-state index in [-0.39, 0.29) is 12.6 Å². The maximum absolute atomic E-state index is 11.9. The van der Waals surface area contributed by atoms with Gasteiger partial charge >= 0.3 is 6.18 Å².